The van der Waals surface area contributed by atoms with E-state index in [4.69, 9.17) is 27.9 Å². The molecule has 0 radical (unpaired) electrons. The number of rotatable bonds is 4. The lowest BCUT2D eigenvalue weighted by Crippen LogP contribution is -2.32. The second-order valence-electron chi connectivity index (χ2n) is 7.06. The largest absolute Gasteiger partial charge is 0.573 e. The van der Waals surface area contributed by atoms with E-state index in [0.717, 1.165) is 0 Å². The van der Waals surface area contributed by atoms with Crippen LogP contribution in [-0.2, 0) is 6.54 Å². The quantitative estimate of drug-likeness (QED) is 0.421. The van der Waals surface area contributed by atoms with E-state index in [1.54, 1.807) is 41.3 Å². The Balaban J connectivity index is 1.61. The van der Waals surface area contributed by atoms with Crippen molar-refractivity contribution in [2.45, 2.75) is 12.9 Å². The molecule has 0 bridgehead atoms. The number of carbonyl (C=O) groups excluding carboxylic acids is 1. The van der Waals surface area contributed by atoms with E-state index in [-0.39, 0.29) is 18.2 Å². The van der Waals surface area contributed by atoms with Gasteiger partial charge in [0.25, 0.3) is 5.91 Å². The van der Waals surface area contributed by atoms with Gasteiger partial charge in [0, 0.05) is 22.2 Å². The second-order valence-corrected chi connectivity index (χ2v) is 7.87. The molecule has 0 N–H and O–H groups in total. The van der Waals surface area contributed by atoms with Crippen LogP contribution >= 0.6 is 23.2 Å². The Bertz CT molecular complexity index is 1130. The van der Waals surface area contributed by atoms with Gasteiger partial charge in [-0.3, -0.25) is 4.79 Å². The number of carbonyl (C=O) groups is 1. The number of hydrogen-bond acceptors (Lipinski definition) is 3. The van der Waals surface area contributed by atoms with Crippen molar-refractivity contribution in [2.75, 3.05) is 13.2 Å². The number of fused-ring (bicyclic) bond motifs is 1. The van der Waals surface area contributed by atoms with E-state index in [1.165, 1.54) is 24.3 Å². The molecule has 0 fully saturated rings. The van der Waals surface area contributed by atoms with Crippen molar-refractivity contribution in [1.29, 1.82) is 0 Å². The third-order valence-electron chi connectivity index (χ3n) is 4.95. The molecule has 1 aliphatic heterocycles. The van der Waals surface area contributed by atoms with Crippen LogP contribution in [0.1, 0.15) is 15.9 Å². The van der Waals surface area contributed by atoms with E-state index in [2.05, 4.69) is 4.74 Å². The fourth-order valence-electron chi connectivity index (χ4n) is 3.41. The number of halogens is 5. The maximum Gasteiger partial charge on any atom is 0.573 e. The molecular weight excluding hydrogens is 466 g/mol. The third-order valence-corrected chi connectivity index (χ3v) is 5.66. The van der Waals surface area contributed by atoms with Gasteiger partial charge in [0.15, 0.2) is 0 Å². The minimum absolute atomic E-state index is 0.216. The molecule has 0 atom stereocenters. The Morgan fingerprint density at radius 2 is 1.62 bits per heavy atom. The summed E-state index contributed by atoms with van der Waals surface area (Å²) in [7, 11) is 0. The number of nitrogens with zero attached hydrogens (tertiary/aromatic N) is 1. The fraction of sp³-hybridized carbons (Fsp3) is 0.174. The summed E-state index contributed by atoms with van der Waals surface area (Å²) in [5.74, 6) is -0.144. The predicted molar refractivity (Wildman–Crippen MR) is 115 cm³/mol. The van der Waals surface area contributed by atoms with Gasteiger partial charge >= 0.3 is 6.36 Å². The topological polar surface area (TPSA) is 38.8 Å². The molecule has 9 heteroatoms. The average Bonchev–Trinajstić information content (AvgIpc) is 2.89. The molecule has 1 amide bonds. The molecule has 4 nitrogen and oxygen atoms in total. The number of hydrogen-bond donors (Lipinski definition) is 0. The summed E-state index contributed by atoms with van der Waals surface area (Å²) < 4.78 is 46.8. The lowest BCUT2D eigenvalue weighted by molar-refractivity contribution is -0.274. The minimum atomic E-state index is -4.76. The zero-order chi connectivity index (χ0) is 22.9. The number of benzene rings is 3. The van der Waals surface area contributed by atoms with Gasteiger partial charge in [0.2, 0.25) is 0 Å². The highest BCUT2D eigenvalue weighted by Gasteiger charge is 2.31. The molecule has 3 aromatic carbocycles. The minimum Gasteiger partial charge on any atom is -0.491 e. The van der Waals surface area contributed by atoms with Gasteiger partial charge in [-0.05, 0) is 47.5 Å². The highest BCUT2D eigenvalue weighted by Crippen LogP contribution is 2.33. The van der Waals surface area contributed by atoms with Gasteiger partial charge in [-0.25, -0.2) is 0 Å². The monoisotopic (exact) mass is 481 g/mol. The van der Waals surface area contributed by atoms with Crippen LogP contribution in [0.2, 0.25) is 10.0 Å². The average molecular weight is 482 g/mol. The van der Waals surface area contributed by atoms with Crippen molar-refractivity contribution in [3.63, 3.8) is 0 Å². The first kappa shape index (κ1) is 22.3. The van der Waals surface area contributed by atoms with Crippen molar-refractivity contribution in [3.8, 4) is 22.6 Å². The summed E-state index contributed by atoms with van der Waals surface area (Å²) in [5.41, 5.74) is 2.26. The van der Waals surface area contributed by atoms with E-state index < -0.39 is 6.36 Å². The first-order valence-electron chi connectivity index (χ1n) is 9.56. The summed E-state index contributed by atoms with van der Waals surface area (Å²) in [6.45, 7) is 0.853. The van der Waals surface area contributed by atoms with Crippen LogP contribution in [0.3, 0.4) is 0 Å². The number of amides is 1. The van der Waals surface area contributed by atoms with Crippen molar-refractivity contribution >= 4 is 29.1 Å². The van der Waals surface area contributed by atoms with Gasteiger partial charge in [0.1, 0.15) is 18.1 Å². The molecule has 0 aromatic heterocycles. The summed E-state index contributed by atoms with van der Waals surface area (Å²) in [5, 5.41) is 0.927. The van der Waals surface area contributed by atoms with E-state index in [9.17, 15) is 18.0 Å². The Labute approximate surface area is 192 Å². The van der Waals surface area contributed by atoms with Gasteiger partial charge in [-0.15, -0.1) is 13.2 Å². The lowest BCUT2D eigenvalue weighted by Gasteiger charge is -2.21. The summed E-state index contributed by atoms with van der Waals surface area (Å²) >= 11 is 12.5. The van der Waals surface area contributed by atoms with E-state index in [0.29, 0.717) is 51.2 Å². The summed E-state index contributed by atoms with van der Waals surface area (Å²) in [6, 6.07) is 15.6. The molecule has 32 heavy (non-hydrogen) atoms. The Morgan fingerprint density at radius 3 is 2.28 bits per heavy atom. The van der Waals surface area contributed by atoms with Crippen molar-refractivity contribution < 1.29 is 27.4 Å². The van der Waals surface area contributed by atoms with Gasteiger partial charge in [-0.1, -0.05) is 47.5 Å². The molecular formula is C23H16Cl2F3NO3. The third kappa shape index (κ3) is 4.95. The molecule has 1 heterocycles. The van der Waals surface area contributed by atoms with Gasteiger partial charge < -0.3 is 14.4 Å². The summed E-state index contributed by atoms with van der Waals surface area (Å²) in [6.07, 6.45) is -4.76. The van der Waals surface area contributed by atoms with Crippen molar-refractivity contribution in [2.24, 2.45) is 0 Å². The van der Waals surface area contributed by atoms with Crippen LogP contribution in [-0.4, -0.2) is 30.3 Å². The smallest absolute Gasteiger partial charge is 0.491 e. The highest BCUT2D eigenvalue weighted by molar-refractivity contribution is 6.36. The van der Waals surface area contributed by atoms with E-state index >= 15 is 0 Å². The van der Waals surface area contributed by atoms with Crippen LogP contribution < -0.4 is 9.47 Å². The molecule has 166 valence electrons. The molecule has 0 aliphatic carbocycles. The molecule has 0 unspecified atom stereocenters. The molecule has 0 saturated heterocycles. The van der Waals surface area contributed by atoms with Crippen molar-refractivity contribution in [1.82, 2.24) is 4.90 Å². The SMILES string of the molecule is O=C1c2cc(-c3ccc(OC(F)(F)F)cc3)ccc2OCCN1Cc1c(Cl)cccc1Cl. The van der Waals surface area contributed by atoms with Gasteiger partial charge in [-0.2, -0.15) is 0 Å². The second kappa shape index (κ2) is 8.92. The Morgan fingerprint density at radius 1 is 0.969 bits per heavy atom. The first-order chi connectivity index (χ1) is 15.2. The molecule has 4 rings (SSSR count). The molecule has 1 aliphatic rings. The van der Waals surface area contributed by atoms with Crippen LogP contribution in [0.5, 0.6) is 11.5 Å². The zero-order valence-electron chi connectivity index (χ0n) is 16.5. The van der Waals surface area contributed by atoms with Crippen LogP contribution in [0.4, 0.5) is 13.2 Å². The van der Waals surface area contributed by atoms with Gasteiger partial charge in [0.05, 0.1) is 12.1 Å². The molecule has 3 aromatic rings. The molecule has 0 saturated carbocycles. The van der Waals surface area contributed by atoms with E-state index in [1.807, 2.05) is 0 Å². The lowest BCUT2D eigenvalue weighted by atomic mass is 10.0. The highest BCUT2D eigenvalue weighted by atomic mass is 35.5. The number of ether oxygens (including phenoxy) is 2. The van der Waals surface area contributed by atoms with Crippen LogP contribution in [0.25, 0.3) is 11.1 Å². The Kier molecular flexibility index (Phi) is 6.22. The van der Waals surface area contributed by atoms with Crippen LogP contribution in [0.15, 0.2) is 60.7 Å². The normalized spacial score (nSPS) is 13.9. The fourth-order valence-corrected chi connectivity index (χ4v) is 3.93. The molecule has 0 spiro atoms. The Hall–Kier alpha value is -2.90. The maximum atomic E-state index is 13.3. The maximum absolute atomic E-state index is 13.3. The summed E-state index contributed by atoms with van der Waals surface area (Å²) in [4.78, 5) is 14.9. The first-order valence-corrected chi connectivity index (χ1v) is 10.3. The zero-order valence-corrected chi connectivity index (χ0v) is 18.0. The van der Waals surface area contributed by atoms with Crippen LogP contribution in [0, 0.1) is 0 Å². The predicted octanol–water partition coefficient (Wildman–Crippen LogP) is 6.59. The van der Waals surface area contributed by atoms with Crippen molar-refractivity contribution in [3.05, 3.63) is 81.8 Å². The number of alkyl halides is 3. The standard InChI is InChI=1S/C23H16Cl2F3NO3/c24-19-2-1-3-20(25)18(19)13-29-10-11-31-21-9-6-15(12-17(21)22(29)30)14-4-7-16(8-5-14)32-23(26,27)28/h1-9,12H,10-11,13H2.